The molecule has 60 heavy (non-hydrogen) atoms. The molecule has 8 fully saturated rings. The first-order chi connectivity index (χ1) is 27.2. The average molecular weight is 861 g/mol. The number of carboxylic acids is 2. The van der Waals surface area contributed by atoms with Crippen LogP contribution < -0.4 is 69.3 Å². The Labute approximate surface area is 404 Å². The number of fused-ring (bicyclic) bond motifs is 10. The Balaban J connectivity index is 0.000000220. The topological polar surface area (TPSA) is 202 Å². The number of rotatable bonds is 8. The first-order valence-corrected chi connectivity index (χ1v) is 23.7. The molecule has 0 aromatic heterocycles. The van der Waals surface area contributed by atoms with Gasteiger partial charge in [0.05, 0.1) is 36.6 Å². The minimum absolute atomic E-state index is 0. The van der Waals surface area contributed by atoms with Gasteiger partial charge in [0.25, 0.3) is 0 Å². The molecule has 332 valence electrons. The van der Waals surface area contributed by atoms with E-state index >= 15 is 0 Å². The molecule has 0 saturated heterocycles. The van der Waals surface area contributed by atoms with Crippen molar-refractivity contribution in [3.8, 4) is 0 Å². The zero-order valence-corrected chi connectivity index (χ0v) is 42.4. The molecule has 0 spiro atoms. The van der Waals surface area contributed by atoms with Crippen LogP contribution in [0, 0.1) is 92.7 Å². The molecule has 10 nitrogen and oxygen atoms in total. The van der Waals surface area contributed by atoms with Gasteiger partial charge in [0.15, 0.2) is 0 Å². The number of hydrogen-bond donors (Lipinski definition) is 6. The van der Waals surface area contributed by atoms with E-state index in [4.69, 9.17) is 0 Å². The minimum atomic E-state index is -0.998. The Bertz CT molecular complexity index is 1390. The van der Waals surface area contributed by atoms with Crippen LogP contribution in [0.5, 0.6) is 0 Å². The van der Waals surface area contributed by atoms with Crippen molar-refractivity contribution in [3.05, 3.63) is 0 Å². The predicted octanol–water partition coefficient (Wildman–Crippen LogP) is -1.76. The number of aliphatic hydroxyl groups excluding tert-OH is 6. The van der Waals surface area contributed by atoms with Gasteiger partial charge in [-0.3, -0.25) is 0 Å². The Morgan fingerprint density at radius 3 is 1.22 bits per heavy atom. The van der Waals surface area contributed by atoms with Crippen molar-refractivity contribution < 1.29 is 110 Å². The van der Waals surface area contributed by atoms with E-state index in [-0.39, 0.29) is 165 Å². The van der Waals surface area contributed by atoms with E-state index in [1.54, 1.807) is 0 Å². The van der Waals surface area contributed by atoms with E-state index < -0.39 is 24.1 Å². The summed E-state index contributed by atoms with van der Waals surface area (Å²) >= 11 is 0. The largest absolute Gasteiger partial charge is 1.00 e. The summed E-state index contributed by atoms with van der Waals surface area (Å²) in [4.78, 5) is 21.9. The van der Waals surface area contributed by atoms with Crippen LogP contribution in [-0.2, 0) is 9.59 Å². The Kier molecular flexibility index (Phi) is 16.8. The van der Waals surface area contributed by atoms with Crippen molar-refractivity contribution in [1.82, 2.24) is 0 Å². The normalized spacial score (nSPS) is 51.1. The molecular formula is C48H78Na2O10. The Morgan fingerprint density at radius 2 is 0.883 bits per heavy atom. The number of carbonyl (C=O) groups excluding carboxylic acids is 2. The van der Waals surface area contributed by atoms with Crippen LogP contribution in [0.15, 0.2) is 0 Å². The molecule has 8 aliphatic carbocycles. The number of hydrogen-bond acceptors (Lipinski definition) is 10. The fourth-order valence-electron chi connectivity index (χ4n) is 17.4. The monoisotopic (exact) mass is 861 g/mol. The summed E-state index contributed by atoms with van der Waals surface area (Å²) in [5.41, 5.74) is -0.343. The van der Waals surface area contributed by atoms with Crippen molar-refractivity contribution in [2.75, 3.05) is 0 Å². The second kappa shape index (κ2) is 19.5. The molecule has 0 aromatic rings. The molecular weight excluding hydrogens is 782 g/mol. The molecule has 22 atom stereocenters. The molecule has 0 radical (unpaired) electrons. The first kappa shape index (κ1) is 51.7. The van der Waals surface area contributed by atoms with Crippen LogP contribution in [-0.4, -0.2) is 79.2 Å². The van der Waals surface area contributed by atoms with Crippen LogP contribution in [0.1, 0.15) is 157 Å². The molecule has 0 amide bonds. The third-order valence-corrected chi connectivity index (χ3v) is 20.6. The Morgan fingerprint density at radius 1 is 0.533 bits per heavy atom. The quantitative estimate of drug-likeness (QED) is 0.152. The van der Waals surface area contributed by atoms with Crippen molar-refractivity contribution in [1.29, 1.82) is 0 Å². The van der Waals surface area contributed by atoms with Gasteiger partial charge in [-0.25, -0.2) is 0 Å². The summed E-state index contributed by atoms with van der Waals surface area (Å²) in [5.74, 6) is 1.27. The first-order valence-electron chi connectivity index (χ1n) is 23.7. The number of carbonyl (C=O) groups is 2. The van der Waals surface area contributed by atoms with E-state index in [1.165, 1.54) is 0 Å². The van der Waals surface area contributed by atoms with E-state index in [1.807, 2.05) is 0 Å². The SMILES string of the molecule is C[C@H](CCC(=O)[O-])[C@H]1CCC2C3C(C[C@H](O)[C@@]21C)[C@@]1(C)CC[C@@H](O)C[C@H]1C[C@H]3O.C[C@H](CCC(=O)[O-])[C@H]1CCC2C3C(C[C@H](O)[C@@]21C)[C@@]1(C)CC[C@@H](O)C[C@H]1C[C@H]3O.[Na+].[Na+]. The van der Waals surface area contributed by atoms with Crippen molar-refractivity contribution in [3.63, 3.8) is 0 Å². The van der Waals surface area contributed by atoms with Crippen LogP contribution >= 0.6 is 0 Å². The maximum absolute atomic E-state index is 11.5. The summed E-state index contributed by atoms with van der Waals surface area (Å²) < 4.78 is 0. The van der Waals surface area contributed by atoms with Gasteiger partial charge in [0, 0.05) is 11.9 Å². The van der Waals surface area contributed by atoms with Crippen LogP contribution in [0.2, 0.25) is 0 Å². The second-order valence-electron chi connectivity index (χ2n) is 22.8. The molecule has 12 heteroatoms. The molecule has 8 rings (SSSR count). The molecule has 0 heterocycles. The summed E-state index contributed by atoms with van der Waals surface area (Å²) in [6.07, 6.45) is 11.4. The van der Waals surface area contributed by atoms with E-state index in [9.17, 15) is 50.4 Å². The van der Waals surface area contributed by atoms with E-state index in [0.717, 1.165) is 89.9 Å². The fourth-order valence-corrected chi connectivity index (χ4v) is 17.4. The van der Waals surface area contributed by atoms with Crippen LogP contribution in [0.25, 0.3) is 0 Å². The predicted molar refractivity (Wildman–Crippen MR) is 215 cm³/mol. The van der Waals surface area contributed by atoms with Gasteiger partial charge in [-0.1, -0.05) is 41.5 Å². The van der Waals surface area contributed by atoms with Gasteiger partial charge >= 0.3 is 59.1 Å². The standard InChI is InChI=1S/2C24H40O5.2Na/c2*1-13(4-7-21(28)29)16-5-6-17-22-18(12-20(27)24(16,17)3)23(2)9-8-15(25)10-14(23)11-19(22)26;;/h2*13-20,22,25-27H,4-12H2,1-3H3,(H,28,29);;/q;;2*+1/p-2/t2*13-,14+,15-,16-,17?,18?,19-,20+,22?,23+,24-;;/m11../s1. The van der Waals surface area contributed by atoms with Gasteiger partial charge < -0.3 is 50.4 Å². The maximum atomic E-state index is 11.5. The Hall–Kier alpha value is 0.700. The summed E-state index contributed by atoms with van der Waals surface area (Å²) in [5, 5.41) is 87.7. The third kappa shape index (κ3) is 8.84. The molecule has 8 saturated carbocycles. The van der Waals surface area contributed by atoms with Crippen molar-refractivity contribution in [2.45, 2.75) is 194 Å². The number of aliphatic hydroxyl groups is 6. The smallest absolute Gasteiger partial charge is 0.550 e. The molecule has 6 unspecified atom stereocenters. The van der Waals surface area contributed by atoms with Gasteiger partial charge in [0.1, 0.15) is 0 Å². The van der Waals surface area contributed by atoms with Gasteiger partial charge in [-0.15, -0.1) is 0 Å². The number of aliphatic carboxylic acids is 2. The molecule has 0 bridgehead atoms. The fraction of sp³-hybridized carbons (Fsp3) is 0.958. The second-order valence-corrected chi connectivity index (χ2v) is 22.8. The van der Waals surface area contributed by atoms with Gasteiger partial charge in [0.2, 0.25) is 0 Å². The molecule has 0 aromatic carbocycles. The third-order valence-electron chi connectivity index (χ3n) is 20.6. The minimum Gasteiger partial charge on any atom is -0.550 e. The summed E-state index contributed by atoms with van der Waals surface area (Å²) in [6, 6.07) is 0. The van der Waals surface area contributed by atoms with Crippen LogP contribution in [0.4, 0.5) is 0 Å². The zero-order chi connectivity index (χ0) is 42.3. The maximum Gasteiger partial charge on any atom is 1.00 e. The van der Waals surface area contributed by atoms with E-state index in [0.29, 0.717) is 36.5 Å². The molecule has 6 N–H and O–H groups in total. The zero-order valence-electron chi connectivity index (χ0n) is 38.4. The van der Waals surface area contributed by atoms with Crippen LogP contribution in [0.3, 0.4) is 0 Å². The molecule has 8 aliphatic rings. The number of carboxylic acid groups (broad SMARTS) is 2. The van der Waals surface area contributed by atoms with Gasteiger partial charge in [-0.05, 0) is 208 Å². The van der Waals surface area contributed by atoms with E-state index in [2.05, 4.69) is 41.5 Å². The van der Waals surface area contributed by atoms with Gasteiger partial charge in [-0.2, -0.15) is 0 Å². The van der Waals surface area contributed by atoms with Crippen molar-refractivity contribution >= 4 is 11.9 Å². The molecule has 0 aliphatic heterocycles. The average Bonchev–Trinajstić information content (AvgIpc) is 3.70. The summed E-state index contributed by atoms with van der Waals surface area (Å²) in [7, 11) is 0. The summed E-state index contributed by atoms with van der Waals surface area (Å²) in [6.45, 7) is 13.3. The van der Waals surface area contributed by atoms with Crippen molar-refractivity contribution in [2.24, 2.45) is 92.7 Å².